The number of aliphatic hydroxyl groups is 3. The molecule has 0 unspecified atom stereocenters. The minimum Gasteiger partial charge on any atom is -0.394 e. The summed E-state index contributed by atoms with van der Waals surface area (Å²) in [6.45, 7) is -0.629. The molecule has 66 valence electrons. The minimum atomic E-state index is -1.52. The lowest BCUT2D eigenvalue weighted by Crippen LogP contribution is -2.41. The topological polar surface area (TPSA) is 87.0 Å². The van der Waals surface area contributed by atoms with Gasteiger partial charge in [0.2, 0.25) is 0 Å². The highest BCUT2D eigenvalue weighted by Crippen LogP contribution is 2.01. The van der Waals surface area contributed by atoms with Crippen molar-refractivity contribution in [2.75, 3.05) is 13.7 Å². The van der Waals surface area contributed by atoms with Crippen LogP contribution in [0.5, 0.6) is 0 Å². The van der Waals surface area contributed by atoms with E-state index in [-0.39, 0.29) is 6.29 Å². The molecule has 0 bridgehead atoms. The third-order valence-corrected chi connectivity index (χ3v) is 1.23. The predicted molar refractivity (Wildman–Crippen MR) is 36.0 cm³/mol. The van der Waals surface area contributed by atoms with Crippen molar-refractivity contribution in [2.24, 2.45) is 0 Å². The van der Waals surface area contributed by atoms with Gasteiger partial charge in [0.1, 0.15) is 18.3 Å². The van der Waals surface area contributed by atoms with Crippen LogP contribution in [0.1, 0.15) is 1.37 Å². The van der Waals surface area contributed by atoms with Crippen molar-refractivity contribution in [3.05, 3.63) is 0 Å². The van der Waals surface area contributed by atoms with Crippen LogP contribution in [0, 0.1) is 0 Å². The standard InChI is InChI=1S/C6H12O5/c1-11-6(4(9)2-7)5(10)3-8/h2,4-6,8-10H,3H2,1H3/t4-,5+,6+/m0/s1/i1D. The zero-order valence-corrected chi connectivity index (χ0v) is 5.88. The van der Waals surface area contributed by atoms with Crippen LogP contribution >= 0.6 is 0 Å². The molecule has 0 fully saturated rings. The van der Waals surface area contributed by atoms with Crippen molar-refractivity contribution in [1.82, 2.24) is 0 Å². The number of carbonyl (C=O) groups is 1. The lowest BCUT2D eigenvalue weighted by molar-refractivity contribution is -0.132. The molecule has 3 N–H and O–H groups in total. The summed E-state index contributed by atoms with van der Waals surface area (Å²) in [5.74, 6) is 0. The van der Waals surface area contributed by atoms with Gasteiger partial charge in [-0.2, -0.15) is 0 Å². The van der Waals surface area contributed by atoms with Crippen molar-refractivity contribution in [3.63, 3.8) is 0 Å². The molecule has 5 heteroatoms. The van der Waals surface area contributed by atoms with Crippen molar-refractivity contribution >= 4 is 6.29 Å². The van der Waals surface area contributed by atoms with Crippen LogP contribution in [0.15, 0.2) is 0 Å². The molecular weight excluding hydrogens is 152 g/mol. The van der Waals surface area contributed by atoms with Gasteiger partial charge < -0.3 is 24.9 Å². The highest BCUT2D eigenvalue weighted by Gasteiger charge is 2.25. The van der Waals surface area contributed by atoms with Gasteiger partial charge in [-0.1, -0.05) is 0 Å². The first-order chi connectivity index (χ1) is 5.67. The van der Waals surface area contributed by atoms with Gasteiger partial charge in [0, 0.05) is 7.09 Å². The van der Waals surface area contributed by atoms with Gasteiger partial charge in [-0.3, -0.25) is 0 Å². The number of rotatable bonds is 5. The fourth-order valence-electron chi connectivity index (χ4n) is 0.619. The molecule has 0 heterocycles. The Morgan fingerprint density at radius 2 is 2.36 bits per heavy atom. The molecule has 5 nitrogen and oxygen atoms in total. The van der Waals surface area contributed by atoms with Crippen LogP contribution in [-0.4, -0.2) is 53.6 Å². The van der Waals surface area contributed by atoms with Crippen LogP contribution in [-0.2, 0) is 9.53 Å². The van der Waals surface area contributed by atoms with Crippen LogP contribution in [0.4, 0.5) is 0 Å². The van der Waals surface area contributed by atoms with Crippen LogP contribution in [0.2, 0.25) is 0 Å². The van der Waals surface area contributed by atoms with E-state index in [9.17, 15) is 4.79 Å². The maximum Gasteiger partial charge on any atom is 0.151 e. The van der Waals surface area contributed by atoms with E-state index in [1.807, 2.05) is 0 Å². The van der Waals surface area contributed by atoms with Gasteiger partial charge in [-0.05, 0) is 0 Å². The molecule has 0 saturated heterocycles. The molecule has 0 rings (SSSR count). The fraction of sp³-hybridized carbons (Fsp3) is 0.833. The first kappa shape index (κ1) is 8.61. The molecule has 0 spiro atoms. The Kier molecular flexibility index (Phi) is 4.07. The lowest BCUT2D eigenvalue weighted by atomic mass is 10.1. The van der Waals surface area contributed by atoms with Gasteiger partial charge >= 0.3 is 0 Å². The Morgan fingerprint density at radius 1 is 1.73 bits per heavy atom. The summed E-state index contributed by atoms with van der Waals surface area (Å²) in [5.41, 5.74) is 0. The summed E-state index contributed by atoms with van der Waals surface area (Å²) in [5, 5.41) is 26.3. The maximum absolute atomic E-state index is 10.1. The van der Waals surface area contributed by atoms with E-state index in [1.165, 1.54) is 0 Å². The van der Waals surface area contributed by atoms with Crippen LogP contribution < -0.4 is 0 Å². The number of methoxy groups -OCH3 is 1. The second kappa shape index (κ2) is 5.20. The summed E-state index contributed by atoms with van der Waals surface area (Å²) in [6, 6.07) is 0. The van der Waals surface area contributed by atoms with Crippen molar-refractivity contribution < 1.29 is 26.2 Å². The van der Waals surface area contributed by atoms with Gasteiger partial charge in [-0.15, -0.1) is 0 Å². The quantitative estimate of drug-likeness (QED) is 0.407. The number of carbonyl (C=O) groups excluding carboxylic acids is 1. The molecule has 0 aliphatic carbocycles. The molecule has 0 aromatic heterocycles. The smallest absolute Gasteiger partial charge is 0.151 e. The first-order valence-corrected chi connectivity index (χ1v) is 3.00. The molecule has 3 atom stereocenters. The number of ether oxygens (including phenoxy) is 1. The van der Waals surface area contributed by atoms with E-state index in [2.05, 4.69) is 4.74 Å². The molecule has 11 heavy (non-hydrogen) atoms. The Morgan fingerprint density at radius 3 is 2.73 bits per heavy atom. The van der Waals surface area contributed by atoms with E-state index < -0.39 is 32.0 Å². The van der Waals surface area contributed by atoms with E-state index >= 15 is 0 Å². The highest BCUT2D eigenvalue weighted by atomic mass is 16.5. The summed E-state index contributed by atoms with van der Waals surface area (Å²) >= 11 is 0. The molecule has 0 radical (unpaired) electrons. The second-order valence-electron chi connectivity index (χ2n) is 2.01. The molecule has 0 saturated carbocycles. The molecule has 0 aromatic rings. The van der Waals surface area contributed by atoms with E-state index in [0.29, 0.717) is 0 Å². The Bertz CT molecular complexity index is 131. The zero-order chi connectivity index (χ0) is 9.56. The predicted octanol–water partition coefficient (Wildman–Crippen LogP) is -2.09. The van der Waals surface area contributed by atoms with Crippen molar-refractivity contribution in [1.29, 1.82) is 0 Å². The summed E-state index contributed by atoms with van der Waals surface area (Å²) in [4.78, 5) is 10.1. The van der Waals surface area contributed by atoms with Crippen molar-refractivity contribution in [3.8, 4) is 0 Å². The average Bonchev–Trinajstić information content (AvgIpc) is 2.11. The molecule has 0 aliphatic heterocycles. The summed E-state index contributed by atoms with van der Waals surface area (Å²) in [6.07, 6.45) is -3.92. The summed E-state index contributed by atoms with van der Waals surface area (Å²) in [7, 11) is -0.493. The Hall–Kier alpha value is -0.490. The highest BCUT2D eigenvalue weighted by molar-refractivity contribution is 5.56. The normalized spacial score (nSPS) is 20.1. The molecule has 0 aromatic carbocycles. The number of aliphatic hydroxyl groups excluding tert-OH is 3. The number of hydrogen-bond donors (Lipinski definition) is 3. The molecule has 0 aliphatic rings. The van der Waals surface area contributed by atoms with Crippen LogP contribution in [0.25, 0.3) is 0 Å². The SMILES string of the molecule is [2H]CO[C@@H]([C@H](O)CO)[C@@H](O)C=O. The van der Waals surface area contributed by atoms with Crippen molar-refractivity contribution in [2.45, 2.75) is 18.3 Å². The monoisotopic (exact) mass is 165 g/mol. The Labute approximate surface area is 65.6 Å². The van der Waals surface area contributed by atoms with Gasteiger partial charge in [0.25, 0.3) is 0 Å². The minimum absolute atomic E-state index is 0.180. The zero-order valence-electron chi connectivity index (χ0n) is 6.88. The van der Waals surface area contributed by atoms with Gasteiger partial charge in [0.05, 0.1) is 7.98 Å². The van der Waals surface area contributed by atoms with Crippen LogP contribution in [0.3, 0.4) is 0 Å². The van der Waals surface area contributed by atoms with E-state index in [0.717, 1.165) is 0 Å². The fourth-order valence-corrected chi connectivity index (χ4v) is 0.619. The molecular formula is C6H12O5. The third-order valence-electron chi connectivity index (χ3n) is 1.23. The number of aldehydes is 1. The van der Waals surface area contributed by atoms with E-state index in [1.54, 1.807) is 0 Å². The van der Waals surface area contributed by atoms with E-state index in [4.69, 9.17) is 16.7 Å². The summed E-state index contributed by atoms with van der Waals surface area (Å²) < 4.78 is 11.2. The molecule has 0 amide bonds. The largest absolute Gasteiger partial charge is 0.394 e. The maximum atomic E-state index is 10.1. The average molecular weight is 165 g/mol. The number of hydrogen-bond acceptors (Lipinski definition) is 5. The first-order valence-electron chi connectivity index (χ1n) is 3.71. The Balaban J connectivity index is 4.10. The van der Waals surface area contributed by atoms with Gasteiger partial charge in [0.15, 0.2) is 6.29 Å². The lowest BCUT2D eigenvalue weighted by Gasteiger charge is -2.21. The van der Waals surface area contributed by atoms with Gasteiger partial charge in [-0.25, -0.2) is 0 Å². The second-order valence-corrected chi connectivity index (χ2v) is 2.01. The third kappa shape index (κ3) is 2.94.